The molecule has 0 aromatic heterocycles. The van der Waals surface area contributed by atoms with Crippen LogP contribution in [0.5, 0.6) is 0 Å². The van der Waals surface area contributed by atoms with Crippen molar-refractivity contribution in [3.8, 4) is 0 Å². The van der Waals surface area contributed by atoms with Crippen molar-refractivity contribution in [2.45, 2.75) is 96.2 Å². The lowest BCUT2D eigenvalue weighted by molar-refractivity contribution is -0.172. The highest BCUT2D eigenvalue weighted by molar-refractivity contribution is 5.86. The van der Waals surface area contributed by atoms with Crippen molar-refractivity contribution in [1.29, 1.82) is 0 Å². The van der Waals surface area contributed by atoms with E-state index < -0.39 is 11.8 Å². The van der Waals surface area contributed by atoms with Gasteiger partial charge in [-0.15, -0.1) is 0 Å². The molecule has 0 aromatic rings. The number of epoxide rings is 2. The molecule has 4 N–H and O–H groups in total. The van der Waals surface area contributed by atoms with Gasteiger partial charge in [0.1, 0.15) is 29.7 Å². The summed E-state index contributed by atoms with van der Waals surface area (Å²) in [5.74, 6) is -1.34. The predicted molar refractivity (Wildman–Crippen MR) is 180 cm³/mol. The number of ether oxygens (including phenoxy) is 6. The lowest BCUT2D eigenvalue weighted by atomic mass is 9.68. The summed E-state index contributed by atoms with van der Waals surface area (Å²) >= 11 is 0. The summed E-state index contributed by atoms with van der Waals surface area (Å²) in [5.41, 5.74) is 0.615. The van der Waals surface area contributed by atoms with Crippen molar-refractivity contribution in [2.24, 2.45) is 5.92 Å². The summed E-state index contributed by atoms with van der Waals surface area (Å²) in [6.07, 6.45) is 5.45. The number of nitrogens with one attached hydrogen (secondary N) is 4. The van der Waals surface area contributed by atoms with Gasteiger partial charge in [-0.1, -0.05) is 19.1 Å². The third kappa shape index (κ3) is 14.1. The molecule has 2 saturated heterocycles. The van der Waals surface area contributed by atoms with Crippen molar-refractivity contribution in [2.75, 3.05) is 72.9 Å². The van der Waals surface area contributed by atoms with Crippen LogP contribution in [0.1, 0.15) is 66.7 Å². The van der Waals surface area contributed by atoms with Gasteiger partial charge in [-0.25, -0.2) is 0 Å². The Balaban J connectivity index is 0.00000833. The molecule has 2 aliphatic heterocycles. The van der Waals surface area contributed by atoms with Crippen LogP contribution in [-0.2, 0) is 52.4 Å². The molecule has 15 nitrogen and oxygen atoms in total. The van der Waals surface area contributed by atoms with Crippen LogP contribution in [0.25, 0.3) is 0 Å². The van der Waals surface area contributed by atoms with E-state index in [0.29, 0.717) is 58.7 Å². The van der Waals surface area contributed by atoms with Crippen molar-refractivity contribution >= 4 is 30.0 Å². The van der Waals surface area contributed by atoms with Gasteiger partial charge in [-0.2, -0.15) is 0 Å². The van der Waals surface area contributed by atoms with Gasteiger partial charge >= 0.3 is 5.97 Å². The summed E-state index contributed by atoms with van der Waals surface area (Å²) < 4.78 is 35.1. The number of hydrogen-bond acceptors (Lipinski definition) is 12. The summed E-state index contributed by atoms with van der Waals surface area (Å²) in [6.45, 7) is 8.62. The van der Waals surface area contributed by atoms with E-state index in [-0.39, 0.29) is 93.8 Å². The summed E-state index contributed by atoms with van der Waals surface area (Å²) in [4.78, 5) is 57.8. The number of carbonyl (C=O) groups is 5. The molecule has 3 rings (SSSR count). The molecule has 15 heteroatoms. The van der Waals surface area contributed by atoms with E-state index in [4.69, 9.17) is 28.4 Å². The Bertz CT molecular complexity index is 1110. The zero-order valence-electron chi connectivity index (χ0n) is 28.8. The average molecular weight is 699 g/mol. The number of esters is 1. The molecule has 49 heavy (non-hydrogen) atoms. The molecule has 3 fully saturated rings. The number of allylic oxidation sites excluding steroid dienone is 1. The summed E-state index contributed by atoms with van der Waals surface area (Å²) in [5, 5.41) is 10.3. The molecule has 1 aliphatic carbocycles. The molecule has 3 amide bonds. The first-order chi connectivity index (χ1) is 23.0. The van der Waals surface area contributed by atoms with Crippen LogP contribution in [0.4, 0.5) is 0 Å². The van der Waals surface area contributed by atoms with Gasteiger partial charge in [0.2, 0.25) is 17.7 Å². The van der Waals surface area contributed by atoms with Gasteiger partial charge in [-0.05, 0) is 46.5 Å². The van der Waals surface area contributed by atoms with E-state index in [1.54, 1.807) is 7.11 Å². The van der Waals surface area contributed by atoms with E-state index in [9.17, 15) is 24.0 Å². The van der Waals surface area contributed by atoms with Crippen LogP contribution in [-0.4, -0.2) is 132 Å². The normalized spacial score (nSPS) is 26.5. The average Bonchev–Trinajstić information content (AvgIpc) is 3.98. The third-order valence-electron chi connectivity index (χ3n) is 8.77. The van der Waals surface area contributed by atoms with Gasteiger partial charge in [-0.3, -0.25) is 19.2 Å². The van der Waals surface area contributed by atoms with E-state index in [1.165, 1.54) is 5.57 Å². The third-order valence-corrected chi connectivity index (χ3v) is 8.77. The smallest absolute Gasteiger partial charge is 0.306 e. The number of methoxy groups -OCH3 is 1. The fourth-order valence-corrected chi connectivity index (χ4v) is 6.15. The minimum atomic E-state index is -0.462. The Hall–Kier alpha value is -2.95. The number of hydrogen-bond donors (Lipinski definition) is 4. The molecule has 3 aliphatic rings. The Morgan fingerprint density at radius 3 is 2.31 bits per heavy atom. The van der Waals surface area contributed by atoms with Crippen molar-refractivity contribution in [1.82, 2.24) is 21.3 Å². The monoisotopic (exact) mass is 698 g/mol. The highest BCUT2D eigenvalue weighted by Crippen LogP contribution is 2.59. The molecule has 1 saturated carbocycles. The first-order valence-electron chi connectivity index (χ1n) is 16.8. The van der Waals surface area contributed by atoms with Crippen molar-refractivity contribution < 1.29 is 52.4 Å². The molecule has 280 valence electrons. The second-order valence-electron chi connectivity index (χ2n) is 12.8. The largest absolute Gasteiger partial charge is 0.460 e. The minimum absolute atomic E-state index is 0. The maximum Gasteiger partial charge on any atom is 0.306 e. The number of rotatable bonds is 24. The highest BCUT2D eigenvalue weighted by Gasteiger charge is 2.72. The second kappa shape index (κ2) is 21.3. The van der Waals surface area contributed by atoms with E-state index in [0.717, 1.165) is 12.8 Å². The molecule has 6 atom stereocenters. The zero-order valence-corrected chi connectivity index (χ0v) is 28.8. The number of carbonyl (C=O) groups excluding carboxylic acids is 5. The Morgan fingerprint density at radius 2 is 1.63 bits per heavy atom. The quantitative estimate of drug-likeness (QED) is 0.0361. The van der Waals surface area contributed by atoms with E-state index in [2.05, 4.69) is 48.1 Å². The van der Waals surface area contributed by atoms with Crippen LogP contribution in [0.3, 0.4) is 0 Å². The summed E-state index contributed by atoms with van der Waals surface area (Å²) in [7, 11) is 1.66. The Kier molecular flexibility index (Phi) is 18.4. The predicted octanol–water partition coefficient (Wildman–Crippen LogP) is 0.583. The lowest BCUT2D eigenvalue weighted by Crippen LogP contribution is -2.55. The lowest BCUT2D eigenvalue weighted by Gasteiger charge is -2.42. The number of aldehydes is 1. The topological polar surface area (TPSA) is 195 Å². The van der Waals surface area contributed by atoms with Gasteiger partial charge in [0.25, 0.3) is 0 Å². The molecule has 0 radical (unpaired) electrons. The fourth-order valence-electron chi connectivity index (χ4n) is 6.15. The van der Waals surface area contributed by atoms with Gasteiger partial charge in [0.15, 0.2) is 0 Å². The first kappa shape index (κ1) is 42.2. The molecule has 1 spiro atoms. The van der Waals surface area contributed by atoms with Crippen LogP contribution in [0, 0.1) is 5.92 Å². The van der Waals surface area contributed by atoms with Crippen LogP contribution in [0.2, 0.25) is 0 Å². The van der Waals surface area contributed by atoms with Crippen molar-refractivity contribution in [3.63, 3.8) is 0 Å². The van der Waals surface area contributed by atoms with Crippen molar-refractivity contribution in [3.05, 3.63) is 11.6 Å². The molecule has 2 heterocycles. The van der Waals surface area contributed by atoms with Gasteiger partial charge in [0.05, 0.1) is 58.1 Å². The van der Waals surface area contributed by atoms with E-state index >= 15 is 0 Å². The highest BCUT2D eigenvalue weighted by atomic mass is 16.6. The molecular weight excluding hydrogens is 640 g/mol. The molecular formula is C34H58N4O11. The zero-order chi connectivity index (χ0) is 35.0. The van der Waals surface area contributed by atoms with Crippen LogP contribution in [0.15, 0.2) is 11.6 Å². The standard InChI is InChI=1S/C33H54N4O11.CH4/c1-23(2)7-8-25-32(3,48-25)31-30(43-4)24(9-11-33(31)22-46-33)47-29(42)6-5-16-44-18-19-45-17-14-36-26(39)10-12-34-20-27(40)37-21-28(41)35-13-15-38;/h7,15,24-25,30-31,34H,5-6,8-14,16-22H2,1-4H3,(H,35,41)(H,36,39)(H,37,40);1H4/t24?,25-,30?,31?,32+,33+;/m1./s1. The van der Waals surface area contributed by atoms with E-state index in [1.807, 2.05) is 0 Å². The second-order valence-corrected chi connectivity index (χ2v) is 12.8. The maximum atomic E-state index is 12.7. The maximum absolute atomic E-state index is 12.7. The Labute approximate surface area is 290 Å². The fraction of sp³-hybridized carbons (Fsp3) is 0.794. The summed E-state index contributed by atoms with van der Waals surface area (Å²) in [6, 6.07) is 0. The Morgan fingerprint density at radius 1 is 0.918 bits per heavy atom. The molecule has 0 bridgehead atoms. The van der Waals surface area contributed by atoms with Gasteiger partial charge < -0.3 is 54.5 Å². The SMILES string of the molecule is C.COC1C(OC(=O)CCCOCCOCCNC(=O)CCNCC(=O)NCC(=O)NCC=O)CC[C@]2(CO2)C1[C@@]1(C)O[C@@H]1CC=C(C)C. The minimum Gasteiger partial charge on any atom is -0.460 e. The van der Waals surface area contributed by atoms with Crippen LogP contribution >= 0.6 is 0 Å². The van der Waals surface area contributed by atoms with Crippen LogP contribution < -0.4 is 21.3 Å². The van der Waals surface area contributed by atoms with Gasteiger partial charge in [0, 0.05) is 39.6 Å². The molecule has 3 unspecified atom stereocenters. The molecule has 0 aromatic carbocycles. The first-order valence-corrected chi connectivity index (χ1v) is 16.8. The number of amides is 3.